The second-order valence-electron chi connectivity index (χ2n) is 6.45. The zero-order valence-corrected chi connectivity index (χ0v) is 11.4. The summed E-state index contributed by atoms with van der Waals surface area (Å²) in [6.45, 7) is 7.23. The van der Waals surface area contributed by atoms with Crippen LogP contribution in [0.4, 0.5) is 0 Å². The molecule has 106 valence electrons. The van der Waals surface area contributed by atoms with Crippen molar-refractivity contribution in [2.75, 3.05) is 19.7 Å². The lowest BCUT2D eigenvalue weighted by Crippen LogP contribution is -2.60. The Morgan fingerprint density at radius 2 is 1.94 bits per heavy atom. The van der Waals surface area contributed by atoms with Crippen LogP contribution in [0.3, 0.4) is 0 Å². The molecule has 0 bridgehead atoms. The number of fused-ring (bicyclic) bond motifs is 1. The van der Waals surface area contributed by atoms with Crippen LogP contribution in [0.1, 0.15) is 27.2 Å². The SMILES string of the molecule is CC(C)(C)O[C@H]1CCN2C[C@H](O)[C@@H](O)[C@H](CO)[C@@H]12. The number of ether oxygens (including phenoxy) is 1. The van der Waals surface area contributed by atoms with Crippen molar-refractivity contribution in [3.63, 3.8) is 0 Å². The summed E-state index contributed by atoms with van der Waals surface area (Å²) in [5.41, 5.74) is -0.234. The monoisotopic (exact) mass is 259 g/mol. The van der Waals surface area contributed by atoms with Gasteiger partial charge in [0.05, 0.1) is 30.5 Å². The predicted octanol–water partition coefficient (Wildman–Crippen LogP) is -0.412. The first-order valence-corrected chi connectivity index (χ1v) is 6.72. The molecule has 2 heterocycles. The van der Waals surface area contributed by atoms with Gasteiger partial charge < -0.3 is 20.1 Å². The van der Waals surface area contributed by atoms with Gasteiger partial charge in [-0.25, -0.2) is 0 Å². The molecule has 0 amide bonds. The van der Waals surface area contributed by atoms with Crippen LogP contribution in [0, 0.1) is 5.92 Å². The first-order chi connectivity index (χ1) is 8.33. The van der Waals surface area contributed by atoms with Gasteiger partial charge in [-0.15, -0.1) is 0 Å². The van der Waals surface area contributed by atoms with E-state index in [4.69, 9.17) is 4.74 Å². The van der Waals surface area contributed by atoms with Crippen LogP contribution >= 0.6 is 0 Å². The molecule has 0 aromatic rings. The van der Waals surface area contributed by atoms with Crippen LogP contribution in [-0.2, 0) is 4.74 Å². The third-order valence-corrected chi connectivity index (χ3v) is 3.91. The maximum absolute atomic E-state index is 10.0. The highest BCUT2D eigenvalue weighted by molar-refractivity contribution is 5.02. The van der Waals surface area contributed by atoms with Gasteiger partial charge in [-0.2, -0.15) is 0 Å². The van der Waals surface area contributed by atoms with Crippen LogP contribution in [0.25, 0.3) is 0 Å². The Labute approximate surface area is 108 Å². The zero-order chi connectivity index (χ0) is 13.5. The number of nitrogens with zero attached hydrogens (tertiary/aromatic N) is 1. The van der Waals surface area contributed by atoms with Crippen molar-refractivity contribution in [2.24, 2.45) is 5.92 Å². The summed E-state index contributed by atoms with van der Waals surface area (Å²) in [5.74, 6) is -0.330. The third-order valence-electron chi connectivity index (χ3n) is 3.91. The minimum absolute atomic E-state index is 0.00706. The van der Waals surface area contributed by atoms with Gasteiger partial charge in [-0.05, 0) is 27.2 Å². The predicted molar refractivity (Wildman–Crippen MR) is 67.2 cm³/mol. The van der Waals surface area contributed by atoms with Crippen molar-refractivity contribution in [3.05, 3.63) is 0 Å². The van der Waals surface area contributed by atoms with Crippen molar-refractivity contribution in [1.29, 1.82) is 0 Å². The summed E-state index contributed by atoms with van der Waals surface area (Å²) in [4.78, 5) is 2.13. The van der Waals surface area contributed by atoms with E-state index in [9.17, 15) is 15.3 Å². The van der Waals surface area contributed by atoms with Gasteiger partial charge >= 0.3 is 0 Å². The highest BCUT2D eigenvalue weighted by Crippen LogP contribution is 2.35. The van der Waals surface area contributed by atoms with Gasteiger partial charge in [-0.3, -0.25) is 4.90 Å². The number of aliphatic hydroxyl groups excluding tert-OH is 3. The molecular formula is C13H25NO4. The summed E-state index contributed by atoms with van der Waals surface area (Å²) in [7, 11) is 0. The Bertz CT molecular complexity index is 291. The fourth-order valence-corrected chi connectivity index (χ4v) is 3.24. The zero-order valence-electron chi connectivity index (χ0n) is 11.4. The number of hydrogen-bond donors (Lipinski definition) is 3. The van der Waals surface area contributed by atoms with Crippen LogP contribution in [0.2, 0.25) is 0 Å². The summed E-state index contributed by atoms with van der Waals surface area (Å²) in [6.07, 6.45) is -0.728. The lowest BCUT2D eigenvalue weighted by atomic mass is 9.84. The fourth-order valence-electron chi connectivity index (χ4n) is 3.24. The standard InChI is InChI=1S/C13H25NO4/c1-13(2,3)18-10-4-5-14-6-9(16)12(17)8(7-15)11(10)14/h8-12,15-17H,4-7H2,1-3H3/t8-,9+,10+,11+,12+/m1/s1. The summed E-state index contributed by atoms with van der Waals surface area (Å²) in [5, 5.41) is 29.3. The molecule has 2 aliphatic rings. The van der Waals surface area contributed by atoms with Gasteiger partial charge in [0.1, 0.15) is 0 Å². The third kappa shape index (κ3) is 2.70. The Morgan fingerprint density at radius 1 is 1.28 bits per heavy atom. The maximum Gasteiger partial charge on any atom is 0.0929 e. The lowest BCUT2D eigenvalue weighted by molar-refractivity contribution is -0.144. The Hall–Kier alpha value is -0.200. The lowest BCUT2D eigenvalue weighted by Gasteiger charge is -2.44. The minimum atomic E-state index is -0.861. The van der Waals surface area contributed by atoms with Crippen LogP contribution in [-0.4, -0.2) is 69.9 Å². The first-order valence-electron chi connectivity index (χ1n) is 6.72. The molecule has 0 unspecified atom stereocenters. The van der Waals surface area contributed by atoms with E-state index in [2.05, 4.69) is 4.90 Å². The van der Waals surface area contributed by atoms with Crippen molar-refractivity contribution in [1.82, 2.24) is 4.90 Å². The molecule has 3 N–H and O–H groups in total. The molecule has 2 aliphatic heterocycles. The van der Waals surface area contributed by atoms with E-state index in [0.29, 0.717) is 6.54 Å². The van der Waals surface area contributed by atoms with Gasteiger partial charge in [0.2, 0.25) is 0 Å². The average Bonchev–Trinajstić information content (AvgIpc) is 2.61. The van der Waals surface area contributed by atoms with E-state index in [0.717, 1.165) is 13.0 Å². The van der Waals surface area contributed by atoms with E-state index in [1.54, 1.807) is 0 Å². The maximum atomic E-state index is 10.0. The van der Waals surface area contributed by atoms with Crippen LogP contribution in [0.5, 0.6) is 0 Å². The second-order valence-corrected chi connectivity index (χ2v) is 6.45. The smallest absolute Gasteiger partial charge is 0.0929 e. The Kier molecular flexibility index (Phi) is 3.99. The normalized spacial score (nSPS) is 42.0. The van der Waals surface area contributed by atoms with Gasteiger partial charge in [0.25, 0.3) is 0 Å². The largest absolute Gasteiger partial charge is 0.396 e. The van der Waals surface area contributed by atoms with E-state index < -0.39 is 12.2 Å². The molecule has 0 saturated carbocycles. The number of aliphatic hydroxyl groups is 3. The molecule has 2 saturated heterocycles. The van der Waals surface area contributed by atoms with Crippen LogP contribution < -0.4 is 0 Å². The average molecular weight is 259 g/mol. The highest BCUT2D eigenvalue weighted by Gasteiger charge is 2.49. The Morgan fingerprint density at radius 3 is 2.50 bits per heavy atom. The van der Waals surface area contributed by atoms with Gasteiger partial charge in [0.15, 0.2) is 0 Å². The quantitative estimate of drug-likeness (QED) is 0.629. The van der Waals surface area contributed by atoms with Crippen molar-refractivity contribution >= 4 is 0 Å². The minimum Gasteiger partial charge on any atom is -0.396 e. The topological polar surface area (TPSA) is 73.2 Å². The number of hydrogen-bond acceptors (Lipinski definition) is 5. The van der Waals surface area contributed by atoms with E-state index in [1.807, 2.05) is 20.8 Å². The molecule has 0 aromatic carbocycles. The molecule has 5 heteroatoms. The summed E-state index contributed by atoms with van der Waals surface area (Å²) in [6, 6.07) is 0.00706. The van der Waals surface area contributed by atoms with Crippen molar-refractivity contribution in [3.8, 4) is 0 Å². The molecule has 0 aliphatic carbocycles. The van der Waals surface area contributed by atoms with Gasteiger partial charge in [-0.1, -0.05) is 0 Å². The number of piperidine rings is 1. The van der Waals surface area contributed by atoms with Crippen LogP contribution in [0.15, 0.2) is 0 Å². The molecule has 5 nitrogen and oxygen atoms in total. The highest BCUT2D eigenvalue weighted by atomic mass is 16.5. The Balaban J connectivity index is 2.13. The number of rotatable bonds is 2. The molecule has 0 spiro atoms. The summed E-state index contributed by atoms with van der Waals surface area (Å²) >= 11 is 0. The van der Waals surface area contributed by atoms with E-state index in [-0.39, 0.29) is 30.3 Å². The molecule has 0 radical (unpaired) electrons. The van der Waals surface area contributed by atoms with Crippen molar-refractivity contribution in [2.45, 2.75) is 57.1 Å². The molecule has 0 aromatic heterocycles. The van der Waals surface area contributed by atoms with Crippen molar-refractivity contribution < 1.29 is 20.1 Å². The molecule has 2 rings (SSSR count). The molecule has 18 heavy (non-hydrogen) atoms. The molecular weight excluding hydrogens is 234 g/mol. The fraction of sp³-hybridized carbons (Fsp3) is 1.00. The summed E-state index contributed by atoms with van der Waals surface area (Å²) < 4.78 is 6.04. The second kappa shape index (κ2) is 5.06. The van der Waals surface area contributed by atoms with Gasteiger partial charge in [0, 0.05) is 25.0 Å². The van der Waals surface area contributed by atoms with E-state index >= 15 is 0 Å². The van der Waals surface area contributed by atoms with E-state index in [1.165, 1.54) is 0 Å². The molecule has 5 atom stereocenters. The molecule has 2 fully saturated rings. The first kappa shape index (κ1) is 14.2.